The molecule has 5 heteroatoms. The van der Waals surface area contributed by atoms with Gasteiger partial charge in [0, 0.05) is 12.1 Å². The predicted molar refractivity (Wildman–Crippen MR) is 67.7 cm³/mol. The first-order valence-corrected chi connectivity index (χ1v) is 6.89. The van der Waals surface area contributed by atoms with Gasteiger partial charge in [-0.3, -0.25) is 4.90 Å². The highest BCUT2D eigenvalue weighted by Gasteiger charge is 2.33. The molecule has 0 aliphatic heterocycles. The summed E-state index contributed by atoms with van der Waals surface area (Å²) < 4.78 is 37.1. The Morgan fingerprint density at radius 1 is 1.17 bits per heavy atom. The lowest BCUT2D eigenvalue weighted by Gasteiger charge is -2.38. The van der Waals surface area contributed by atoms with Crippen LogP contribution in [-0.2, 0) is 0 Å². The van der Waals surface area contributed by atoms with E-state index in [9.17, 15) is 13.2 Å². The molecule has 1 aliphatic carbocycles. The van der Waals surface area contributed by atoms with E-state index in [1.807, 2.05) is 7.05 Å². The summed E-state index contributed by atoms with van der Waals surface area (Å²) in [4.78, 5) is 1.49. The summed E-state index contributed by atoms with van der Waals surface area (Å²) in [5.41, 5.74) is 0.0667. The maximum Gasteiger partial charge on any atom is 0.401 e. The van der Waals surface area contributed by atoms with E-state index in [4.69, 9.17) is 0 Å². The summed E-state index contributed by atoms with van der Waals surface area (Å²) >= 11 is 0. The number of nitrogens with zero attached hydrogens (tertiary/aromatic N) is 1. The van der Waals surface area contributed by atoms with Crippen LogP contribution in [0.3, 0.4) is 0 Å². The molecule has 1 fully saturated rings. The zero-order valence-corrected chi connectivity index (χ0v) is 11.4. The lowest BCUT2D eigenvalue weighted by molar-refractivity contribution is -0.146. The highest BCUT2D eigenvalue weighted by atomic mass is 19.4. The predicted octanol–water partition coefficient (Wildman–Crippen LogP) is 3.18. The Morgan fingerprint density at radius 2 is 1.78 bits per heavy atom. The van der Waals surface area contributed by atoms with Gasteiger partial charge in [0.1, 0.15) is 0 Å². The van der Waals surface area contributed by atoms with Crippen molar-refractivity contribution in [2.45, 2.75) is 57.2 Å². The first kappa shape index (κ1) is 15.8. The molecule has 0 heterocycles. The minimum Gasteiger partial charge on any atom is -0.314 e. The van der Waals surface area contributed by atoms with Crippen molar-refractivity contribution in [3.63, 3.8) is 0 Å². The summed E-state index contributed by atoms with van der Waals surface area (Å²) in [7, 11) is 1.94. The standard InChI is InChI=1S/C13H25F3N2/c1-3-18(11-13(14,15)16)10-9-12(17-2)7-5-4-6-8-12/h17H,3-11H2,1-2H3. The molecular formula is C13H25F3N2. The normalized spacial score (nSPS) is 20.3. The summed E-state index contributed by atoms with van der Waals surface area (Å²) in [6.07, 6.45) is 2.53. The molecule has 2 nitrogen and oxygen atoms in total. The third-order valence-electron chi connectivity index (χ3n) is 4.10. The van der Waals surface area contributed by atoms with Gasteiger partial charge in [-0.25, -0.2) is 0 Å². The van der Waals surface area contributed by atoms with Crippen LogP contribution >= 0.6 is 0 Å². The second-order valence-electron chi connectivity index (χ2n) is 5.32. The summed E-state index contributed by atoms with van der Waals surface area (Å²) in [5, 5.41) is 3.35. The molecule has 0 spiro atoms. The maximum atomic E-state index is 12.4. The molecule has 18 heavy (non-hydrogen) atoms. The third kappa shape index (κ3) is 5.14. The molecule has 0 saturated heterocycles. The van der Waals surface area contributed by atoms with E-state index in [-0.39, 0.29) is 5.54 Å². The first-order chi connectivity index (χ1) is 8.41. The number of alkyl halides is 3. The van der Waals surface area contributed by atoms with E-state index in [1.54, 1.807) is 6.92 Å². The Morgan fingerprint density at radius 3 is 2.22 bits per heavy atom. The second-order valence-corrected chi connectivity index (χ2v) is 5.32. The zero-order valence-electron chi connectivity index (χ0n) is 11.4. The SMILES string of the molecule is CCN(CCC1(NC)CCCCC1)CC(F)(F)F. The van der Waals surface area contributed by atoms with Crippen molar-refractivity contribution in [3.8, 4) is 0 Å². The van der Waals surface area contributed by atoms with Crippen molar-refractivity contribution in [1.29, 1.82) is 0 Å². The van der Waals surface area contributed by atoms with Gasteiger partial charge in [0.25, 0.3) is 0 Å². The van der Waals surface area contributed by atoms with E-state index >= 15 is 0 Å². The van der Waals surface area contributed by atoms with E-state index in [1.165, 1.54) is 24.2 Å². The summed E-state index contributed by atoms with van der Waals surface area (Å²) in [6.45, 7) is 1.98. The summed E-state index contributed by atoms with van der Waals surface area (Å²) in [6, 6.07) is 0. The Bertz CT molecular complexity index is 235. The summed E-state index contributed by atoms with van der Waals surface area (Å²) in [5.74, 6) is 0. The van der Waals surface area contributed by atoms with Crippen molar-refractivity contribution in [2.75, 3.05) is 26.7 Å². The largest absolute Gasteiger partial charge is 0.401 e. The monoisotopic (exact) mass is 266 g/mol. The molecule has 108 valence electrons. The van der Waals surface area contributed by atoms with Gasteiger partial charge in [-0.2, -0.15) is 13.2 Å². The van der Waals surface area contributed by atoms with Gasteiger partial charge in [-0.15, -0.1) is 0 Å². The van der Waals surface area contributed by atoms with Crippen molar-refractivity contribution in [1.82, 2.24) is 10.2 Å². The van der Waals surface area contributed by atoms with Crippen LogP contribution in [-0.4, -0.2) is 43.3 Å². The lowest BCUT2D eigenvalue weighted by Crippen LogP contribution is -2.47. The molecule has 1 rings (SSSR count). The molecule has 1 aliphatic rings. The fraction of sp³-hybridized carbons (Fsp3) is 1.00. The highest BCUT2D eigenvalue weighted by Crippen LogP contribution is 2.31. The fourth-order valence-electron chi connectivity index (χ4n) is 2.83. The average molecular weight is 266 g/mol. The number of hydrogen-bond donors (Lipinski definition) is 1. The maximum absolute atomic E-state index is 12.4. The molecule has 0 aromatic heterocycles. The minimum absolute atomic E-state index is 0.0667. The van der Waals surface area contributed by atoms with Crippen molar-refractivity contribution < 1.29 is 13.2 Å². The molecule has 1 saturated carbocycles. The first-order valence-electron chi connectivity index (χ1n) is 6.89. The van der Waals surface area contributed by atoms with Crippen LogP contribution in [0.15, 0.2) is 0 Å². The Hall–Kier alpha value is -0.290. The molecule has 0 atom stereocenters. The molecule has 0 aromatic rings. The minimum atomic E-state index is -4.09. The van der Waals surface area contributed by atoms with Gasteiger partial charge >= 0.3 is 6.18 Å². The van der Waals surface area contributed by atoms with Gasteiger partial charge in [0.15, 0.2) is 0 Å². The van der Waals surface area contributed by atoms with Gasteiger partial charge in [-0.05, 0) is 32.9 Å². The molecule has 0 aromatic carbocycles. The van der Waals surface area contributed by atoms with E-state index in [0.29, 0.717) is 13.1 Å². The van der Waals surface area contributed by atoms with E-state index < -0.39 is 12.7 Å². The van der Waals surface area contributed by atoms with Crippen LogP contribution in [0.25, 0.3) is 0 Å². The van der Waals surface area contributed by atoms with Crippen LogP contribution in [0.2, 0.25) is 0 Å². The smallest absolute Gasteiger partial charge is 0.314 e. The Labute approximate surface area is 108 Å². The quantitative estimate of drug-likeness (QED) is 0.794. The van der Waals surface area contributed by atoms with E-state index in [2.05, 4.69) is 5.32 Å². The molecule has 0 bridgehead atoms. The highest BCUT2D eigenvalue weighted by molar-refractivity contribution is 4.90. The van der Waals surface area contributed by atoms with Crippen LogP contribution in [0, 0.1) is 0 Å². The van der Waals surface area contributed by atoms with Crippen LogP contribution in [0.4, 0.5) is 13.2 Å². The van der Waals surface area contributed by atoms with Crippen LogP contribution < -0.4 is 5.32 Å². The van der Waals surface area contributed by atoms with Crippen molar-refractivity contribution in [2.24, 2.45) is 0 Å². The molecule has 1 N–H and O–H groups in total. The van der Waals surface area contributed by atoms with Gasteiger partial charge in [0.2, 0.25) is 0 Å². The number of hydrogen-bond acceptors (Lipinski definition) is 2. The number of halogens is 3. The molecule has 0 unspecified atom stereocenters. The molecule has 0 radical (unpaired) electrons. The molecule has 0 amide bonds. The topological polar surface area (TPSA) is 15.3 Å². The fourth-order valence-corrected chi connectivity index (χ4v) is 2.83. The number of nitrogens with one attached hydrogen (secondary N) is 1. The molecular weight excluding hydrogens is 241 g/mol. The van der Waals surface area contributed by atoms with Gasteiger partial charge in [0.05, 0.1) is 6.54 Å². The van der Waals surface area contributed by atoms with Gasteiger partial charge < -0.3 is 5.32 Å². The van der Waals surface area contributed by atoms with Gasteiger partial charge in [-0.1, -0.05) is 26.2 Å². The second kappa shape index (κ2) is 6.75. The van der Waals surface area contributed by atoms with Crippen molar-refractivity contribution in [3.05, 3.63) is 0 Å². The zero-order chi connectivity index (χ0) is 13.6. The third-order valence-corrected chi connectivity index (χ3v) is 4.10. The average Bonchev–Trinajstić information content (AvgIpc) is 2.34. The van der Waals surface area contributed by atoms with Crippen molar-refractivity contribution >= 4 is 0 Å². The van der Waals surface area contributed by atoms with Crippen LogP contribution in [0.5, 0.6) is 0 Å². The number of rotatable bonds is 6. The van der Waals surface area contributed by atoms with Crippen LogP contribution in [0.1, 0.15) is 45.4 Å². The lowest BCUT2D eigenvalue weighted by atomic mass is 9.79. The van der Waals surface area contributed by atoms with E-state index in [0.717, 1.165) is 19.3 Å². The Kier molecular flexibility index (Phi) is 5.92. The Balaban J connectivity index is 2.44.